The van der Waals surface area contributed by atoms with Crippen LogP contribution in [-0.4, -0.2) is 35.9 Å². The van der Waals surface area contributed by atoms with Crippen molar-refractivity contribution in [1.82, 2.24) is 4.98 Å². The number of nitrogens with zero attached hydrogens (tertiary/aromatic N) is 1. The third-order valence-electron chi connectivity index (χ3n) is 6.64. The molecule has 35 heavy (non-hydrogen) atoms. The number of hydrogen-bond donors (Lipinski definition) is 1. The number of aromatic amines is 1. The number of H-pyrrole nitrogens is 1. The lowest BCUT2D eigenvalue weighted by molar-refractivity contribution is -0.141. The number of ether oxygens (including phenoxy) is 3. The number of halogens is 3. The SMILES string of the molecule is CC1(C)OCC(COc2ccc3c(c2)C(C)(C)c2[nH]c4c(C(F)(F)F)c(C#N)ccc4c2C3=O)O1. The second-order valence-corrected chi connectivity index (χ2v) is 9.82. The lowest BCUT2D eigenvalue weighted by Crippen LogP contribution is -2.30. The standard InChI is InChI=1S/C26H23F3N2O4/c1-24(2)18-9-14(33-11-15-12-34-25(3,4)35-15)6-8-16(18)22(32)19-17-7-5-13(10-30)20(26(27,28)29)21(17)31-23(19)24/h5-9,15,31H,11-12H2,1-4H3. The molecule has 0 spiro atoms. The van der Waals surface area contributed by atoms with Gasteiger partial charge in [0.25, 0.3) is 0 Å². The molecule has 1 saturated heterocycles. The summed E-state index contributed by atoms with van der Waals surface area (Å²) >= 11 is 0. The lowest BCUT2D eigenvalue weighted by Gasteiger charge is -2.32. The van der Waals surface area contributed by atoms with Crippen LogP contribution >= 0.6 is 0 Å². The zero-order valence-electron chi connectivity index (χ0n) is 19.6. The van der Waals surface area contributed by atoms with Gasteiger partial charge in [-0.15, -0.1) is 0 Å². The summed E-state index contributed by atoms with van der Waals surface area (Å²) in [5.41, 5.74) is -1.05. The van der Waals surface area contributed by atoms with Gasteiger partial charge < -0.3 is 19.2 Å². The Morgan fingerprint density at radius 3 is 2.57 bits per heavy atom. The van der Waals surface area contributed by atoms with E-state index < -0.39 is 28.5 Å². The fraction of sp³-hybridized carbons (Fsp3) is 0.385. The number of hydrogen-bond acceptors (Lipinski definition) is 5. The zero-order valence-corrected chi connectivity index (χ0v) is 19.6. The van der Waals surface area contributed by atoms with Crippen molar-refractivity contribution >= 4 is 16.7 Å². The van der Waals surface area contributed by atoms with E-state index in [1.165, 1.54) is 6.07 Å². The Labute approximate surface area is 199 Å². The third kappa shape index (κ3) is 3.68. The number of carbonyl (C=O) groups excluding carboxylic acids is 1. The van der Waals surface area contributed by atoms with Crippen LogP contribution in [0, 0.1) is 11.3 Å². The first-order valence-corrected chi connectivity index (χ1v) is 11.1. The van der Waals surface area contributed by atoms with Crippen molar-refractivity contribution in [3.8, 4) is 11.8 Å². The average Bonchev–Trinajstić information content (AvgIpc) is 3.35. The highest BCUT2D eigenvalue weighted by molar-refractivity contribution is 6.20. The molecule has 0 radical (unpaired) electrons. The Kier molecular flexibility index (Phi) is 5.06. The molecule has 2 aliphatic rings. The van der Waals surface area contributed by atoms with Gasteiger partial charge in [0.1, 0.15) is 18.5 Å². The van der Waals surface area contributed by atoms with Gasteiger partial charge in [0.05, 0.1) is 34.9 Å². The van der Waals surface area contributed by atoms with Gasteiger partial charge in [-0.3, -0.25) is 4.79 Å². The maximum Gasteiger partial charge on any atom is 0.419 e. The van der Waals surface area contributed by atoms with E-state index in [0.29, 0.717) is 29.2 Å². The van der Waals surface area contributed by atoms with Crippen molar-refractivity contribution in [1.29, 1.82) is 5.26 Å². The fourth-order valence-corrected chi connectivity index (χ4v) is 4.99. The van der Waals surface area contributed by atoms with Gasteiger partial charge in [-0.2, -0.15) is 18.4 Å². The molecule has 1 aliphatic heterocycles. The van der Waals surface area contributed by atoms with Gasteiger partial charge in [-0.05, 0) is 43.7 Å². The molecule has 9 heteroatoms. The van der Waals surface area contributed by atoms with Crippen molar-refractivity contribution < 1.29 is 32.2 Å². The lowest BCUT2D eigenvalue weighted by atomic mass is 9.71. The monoisotopic (exact) mass is 484 g/mol. The van der Waals surface area contributed by atoms with Crippen LogP contribution in [0.25, 0.3) is 10.9 Å². The largest absolute Gasteiger partial charge is 0.491 e. The van der Waals surface area contributed by atoms with Crippen LogP contribution in [-0.2, 0) is 21.1 Å². The Morgan fingerprint density at radius 2 is 1.94 bits per heavy atom. The quantitative estimate of drug-likeness (QED) is 0.534. The number of benzene rings is 2. The van der Waals surface area contributed by atoms with Crippen LogP contribution < -0.4 is 4.74 Å². The van der Waals surface area contributed by atoms with E-state index in [4.69, 9.17) is 14.2 Å². The van der Waals surface area contributed by atoms with Gasteiger partial charge in [-0.25, -0.2) is 0 Å². The average molecular weight is 484 g/mol. The summed E-state index contributed by atoms with van der Waals surface area (Å²) < 4.78 is 58.9. The minimum absolute atomic E-state index is 0.149. The van der Waals surface area contributed by atoms with Crippen molar-refractivity contribution in [2.24, 2.45) is 0 Å². The van der Waals surface area contributed by atoms with Crippen LogP contribution in [0.15, 0.2) is 30.3 Å². The van der Waals surface area contributed by atoms with E-state index in [1.54, 1.807) is 24.3 Å². The molecular formula is C26H23F3N2O4. The second kappa shape index (κ2) is 7.57. The summed E-state index contributed by atoms with van der Waals surface area (Å²) in [6.45, 7) is 7.96. The van der Waals surface area contributed by atoms with E-state index in [0.717, 1.165) is 6.07 Å². The summed E-state index contributed by atoms with van der Waals surface area (Å²) in [6, 6.07) is 9.18. The predicted molar refractivity (Wildman–Crippen MR) is 120 cm³/mol. The molecule has 0 saturated carbocycles. The first kappa shape index (κ1) is 23.4. The molecule has 1 N–H and O–H groups in total. The van der Waals surface area contributed by atoms with Crippen LogP contribution in [0.4, 0.5) is 13.2 Å². The number of aromatic nitrogens is 1. The third-order valence-corrected chi connectivity index (χ3v) is 6.64. The first-order chi connectivity index (χ1) is 16.3. The number of rotatable bonds is 3. The molecular weight excluding hydrogens is 461 g/mol. The topological polar surface area (TPSA) is 84.3 Å². The molecule has 2 aromatic carbocycles. The van der Waals surface area contributed by atoms with Gasteiger partial charge in [0, 0.05) is 22.1 Å². The molecule has 1 aliphatic carbocycles. The molecule has 1 unspecified atom stereocenters. The summed E-state index contributed by atoms with van der Waals surface area (Å²) in [7, 11) is 0. The summed E-state index contributed by atoms with van der Waals surface area (Å²) in [5, 5.41) is 9.42. The Balaban J connectivity index is 1.57. The normalized spacial score (nSPS) is 20.4. The van der Waals surface area contributed by atoms with Crippen LogP contribution in [0.2, 0.25) is 0 Å². The number of fused-ring (bicyclic) bond motifs is 4. The highest BCUT2D eigenvalue weighted by Crippen LogP contribution is 2.47. The maximum atomic E-state index is 13.9. The number of alkyl halides is 3. The van der Waals surface area contributed by atoms with Crippen LogP contribution in [0.3, 0.4) is 0 Å². The van der Waals surface area contributed by atoms with E-state index in [9.17, 15) is 23.2 Å². The first-order valence-electron chi connectivity index (χ1n) is 11.1. The molecule has 2 heterocycles. The molecule has 1 aromatic heterocycles. The number of nitriles is 1. The van der Waals surface area contributed by atoms with Crippen LogP contribution in [0.1, 0.15) is 66.0 Å². The van der Waals surface area contributed by atoms with Gasteiger partial charge in [0.2, 0.25) is 0 Å². The Morgan fingerprint density at radius 1 is 1.20 bits per heavy atom. The number of ketones is 1. The highest BCUT2D eigenvalue weighted by atomic mass is 19.4. The summed E-state index contributed by atoms with van der Waals surface area (Å²) in [4.78, 5) is 16.4. The predicted octanol–water partition coefficient (Wildman–Crippen LogP) is 5.46. The molecule has 1 atom stereocenters. The van der Waals surface area contributed by atoms with E-state index in [1.807, 2.05) is 27.7 Å². The fourth-order valence-electron chi connectivity index (χ4n) is 4.99. The van der Waals surface area contributed by atoms with Crippen molar-refractivity contribution in [2.75, 3.05) is 13.2 Å². The molecule has 5 rings (SSSR count). The molecule has 0 amide bonds. The molecule has 182 valence electrons. The number of nitrogens with one attached hydrogen (secondary N) is 1. The second-order valence-electron chi connectivity index (χ2n) is 9.82. The van der Waals surface area contributed by atoms with Gasteiger partial charge >= 0.3 is 6.18 Å². The zero-order chi connectivity index (χ0) is 25.3. The van der Waals surface area contributed by atoms with Gasteiger partial charge in [-0.1, -0.05) is 19.9 Å². The minimum atomic E-state index is -4.76. The molecule has 1 fully saturated rings. The summed E-state index contributed by atoms with van der Waals surface area (Å²) in [6.07, 6.45) is -5.01. The van der Waals surface area contributed by atoms with Crippen molar-refractivity contribution in [3.05, 3.63) is 63.8 Å². The Hall–Kier alpha value is -3.35. The highest BCUT2D eigenvalue weighted by Gasteiger charge is 2.43. The van der Waals surface area contributed by atoms with Crippen LogP contribution in [0.5, 0.6) is 5.75 Å². The summed E-state index contributed by atoms with van der Waals surface area (Å²) in [5.74, 6) is -0.537. The van der Waals surface area contributed by atoms with Crippen molar-refractivity contribution in [2.45, 2.75) is 51.2 Å². The van der Waals surface area contributed by atoms with E-state index in [-0.39, 0.29) is 35.0 Å². The smallest absolute Gasteiger partial charge is 0.419 e. The number of carbonyl (C=O) groups is 1. The van der Waals surface area contributed by atoms with Crippen molar-refractivity contribution in [3.63, 3.8) is 0 Å². The molecule has 6 nitrogen and oxygen atoms in total. The van der Waals surface area contributed by atoms with Gasteiger partial charge in [0.15, 0.2) is 11.6 Å². The Bertz CT molecular complexity index is 1410. The minimum Gasteiger partial charge on any atom is -0.491 e. The molecule has 0 bridgehead atoms. The molecule has 3 aromatic rings. The van der Waals surface area contributed by atoms with E-state index in [2.05, 4.69) is 4.98 Å². The maximum absolute atomic E-state index is 13.9. The van der Waals surface area contributed by atoms with E-state index >= 15 is 0 Å².